The van der Waals surface area contributed by atoms with Gasteiger partial charge in [-0.2, -0.15) is 0 Å². The van der Waals surface area contributed by atoms with E-state index in [0.717, 1.165) is 13.0 Å². The molecule has 0 saturated heterocycles. The Kier molecular flexibility index (Phi) is 3.20. The Balaban J connectivity index is 2.37. The summed E-state index contributed by atoms with van der Waals surface area (Å²) < 4.78 is 0. The van der Waals surface area contributed by atoms with Gasteiger partial charge < -0.3 is 9.80 Å². The van der Waals surface area contributed by atoms with Gasteiger partial charge in [0.25, 0.3) is 0 Å². The Bertz CT molecular complexity index is 371. The van der Waals surface area contributed by atoms with Gasteiger partial charge in [-0.25, -0.2) is 0 Å². The molecule has 0 radical (unpaired) electrons. The van der Waals surface area contributed by atoms with Gasteiger partial charge in [0.05, 0.1) is 0 Å². The molecule has 0 saturated carbocycles. The highest BCUT2D eigenvalue weighted by molar-refractivity contribution is 5.61. The highest BCUT2D eigenvalue weighted by atomic mass is 15.2. The first-order valence-corrected chi connectivity index (χ1v) is 6.11. The van der Waals surface area contributed by atoms with Gasteiger partial charge in [-0.3, -0.25) is 0 Å². The van der Waals surface area contributed by atoms with Crippen LogP contribution in [-0.2, 0) is 12.8 Å². The lowest BCUT2D eigenvalue weighted by Crippen LogP contribution is -2.44. The number of fused-ring (bicyclic) bond motifs is 1. The fraction of sp³-hybridized carbons (Fsp3) is 0.571. The second-order valence-corrected chi connectivity index (χ2v) is 4.98. The van der Waals surface area contributed by atoms with Crippen molar-refractivity contribution in [2.24, 2.45) is 0 Å². The van der Waals surface area contributed by atoms with E-state index in [9.17, 15) is 0 Å². The largest absolute Gasteiger partial charge is 0.373 e. The summed E-state index contributed by atoms with van der Waals surface area (Å²) in [5.41, 5.74) is 4.46. The summed E-state index contributed by atoms with van der Waals surface area (Å²) in [5.74, 6) is 0. The lowest BCUT2D eigenvalue weighted by molar-refractivity contribution is 0.289. The van der Waals surface area contributed by atoms with E-state index in [1.54, 1.807) is 0 Å². The van der Waals surface area contributed by atoms with Crippen molar-refractivity contribution in [1.29, 1.82) is 0 Å². The zero-order valence-corrected chi connectivity index (χ0v) is 10.8. The molecule has 0 fully saturated rings. The van der Waals surface area contributed by atoms with Crippen molar-refractivity contribution >= 4 is 5.69 Å². The minimum Gasteiger partial charge on any atom is -0.373 e. The summed E-state index contributed by atoms with van der Waals surface area (Å²) in [6.45, 7) is 3.37. The minimum atomic E-state index is 0.643. The number of likely N-dealkylation sites (N-methyl/N-ethyl adjacent to an activating group) is 2. The van der Waals surface area contributed by atoms with E-state index < -0.39 is 0 Å². The molecule has 1 atom stereocenters. The molecule has 88 valence electrons. The van der Waals surface area contributed by atoms with Gasteiger partial charge in [0, 0.05) is 25.3 Å². The molecule has 0 bridgehead atoms. The molecule has 0 spiro atoms. The maximum Gasteiger partial charge on any atom is 0.0429 e. The van der Waals surface area contributed by atoms with E-state index in [1.807, 2.05) is 0 Å². The van der Waals surface area contributed by atoms with Crippen LogP contribution in [0.25, 0.3) is 0 Å². The highest BCUT2D eigenvalue weighted by Crippen LogP contribution is 2.31. The molecule has 0 aliphatic carbocycles. The number of benzene rings is 1. The maximum atomic E-state index is 2.42. The Hall–Kier alpha value is -1.02. The molecule has 1 unspecified atom stereocenters. The molecular formula is C14H22N2. The molecule has 1 aliphatic rings. The molecule has 2 nitrogen and oxygen atoms in total. The molecule has 2 rings (SSSR count). The smallest absolute Gasteiger partial charge is 0.0429 e. The third-order valence-electron chi connectivity index (χ3n) is 3.64. The van der Waals surface area contributed by atoms with Crippen LogP contribution >= 0.6 is 0 Å². The average Bonchev–Trinajstić information content (AvgIpc) is 2.27. The van der Waals surface area contributed by atoms with Crippen LogP contribution in [0.2, 0.25) is 0 Å². The Labute approximate surface area is 98.9 Å². The van der Waals surface area contributed by atoms with Crippen molar-refractivity contribution in [3.05, 3.63) is 29.3 Å². The van der Waals surface area contributed by atoms with Crippen molar-refractivity contribution < 1.29 is 0 Å². The summed E-state index contributed by atoms with van der Waals surface area (Å²) in [6.07, 6.45) is 2.31. The van der Waals surface area contributed by atoms with Crippen molar-refractivity contribution in [2.75, 3.05) is 32.6 Å². The first-order valence-electron chi connectivity index (χ1n) is 6.11. The number of anilines is 1. The van der Waals surface area contributed by atoms with Gasteiger partial charge in [-0.1, -0.05) is 25.1 Å². The predicted octanol–water partition coefficient (Wildman–Crippen LogP) is 2.17. The van der Waals surface area contributed by atoms with Gasteiger partial charge in [-0.15, -0.1) is 0 Å². The second-order valence-electron chi connectivity index (χ2n) is 4.98. The van der Waals surface area contributed by atoms with E-state index in [0.29, 0.717) is 6.04 Å². The van der Waals surface area contributed by atoms with E-state index in [-0.39, 0.29) is 0 Å². The monoisotopic (exact) mass is 218 g/mol. The summed E-state index contributed by atoms with van der Waals surface area (Å²) in [4.78, 5) is 4.75. The normalized spacial score (nSPS) is 20.1. The third kappa shape index (κ3) is 1.94. The van der Waals surface area contributed by atoms with Gasteiger partial charge >= 0.3 is 0 Å². The van der Waals surface area contributed by atoms with Crippen molar-refractivity contribution in [2.45, 2.75) is 25.8 Å². The quantitative estimate of drug-likeness (QED) is 0.750. The van der Waals surface area contributed by atoms with Crippen molar-refractivity contribution in [1.82, 2.24) is 4.90 Å². The predicted molar refractivity (Wildman–Crippen MR) is 70.3 cm³/mol. The molecule has 1 aliphatic heterocycles. The first-order chi connectivity index (χ1) is 7.63. The standard InChI is InChI=1S/C14H22N2/c1-5-11-7-6-8-12-9-13(15(2)3)10-16(4)14(11)12/h6-8,13H,5,9-10H2,1-4H3. The number of hydrogen-bond acceptors (Lipinski definition) is 2. The van der Waals surface area contributed by atoms with Crippen LogP contribution in [0.3, 0.4) is 0 Å². The van der Waals surface area contributed by atoms with Crippen LogP contribution in [-0.4, -0.2) is 38.6 Å². The summed E-state index contributed by atoms with van der Waals surface area (Å²) in [6, 6.07) is 7.37. The van der Waals surface area contributed by atoms with Gasteiger partial charge in [0.2, 0.25) is 0 Å². The van der Waals surface area contributed by atoms with Gasteiger partial charge in [0.15, 0.2) is 0 Å². The average molecular weight is 218 g/mol. The zero-order chi connectivity index (χ0) is 11.7. The molecule has 1 aromatic rings. The summed E-state index contributed by atoms with van der Waals surface area (Å²) >= 11 is 0. The van der Waals surface area contributed by atoms with Crippen LogP contribution in [0.4, 0.5) is 5.69 Å². The van der Waals surface area contributed by atoms with Gasteiger partial charge in [0.1, 0.15) is 0 Å². The Morgan fingerprint density at radius 2 is 2.12 bits per heavy atom. The highest BCUT2D eigenvalue weighted by Gasteiger charge is 2.24. The van der Waals surface area contributed by atoms with E-state index >= 15 is 0 Å². The second kappa shape index (κ2) is 4.46. The van der Waals surface area contributed by atoms with Crippen LogP contribution in [0.15, 0.2) is 18.2 Å². The molecule has 1 aromatic carbocycles. The van der Waals surface area contributed by atoms with Gasteiger partial charge in [-0.05, 0) is 38.1 Å². The molecule has 0 N–H and O–H groups in total. The maximum absolute atomic E-state index is 2.42. The SMILES string of the molecule is CCc1cccc2c1N(C)CC(N(C)C)C2. The minimum absolute atomic E-state index is 0.643. The van der Waals surface area contributed by atoms with E-state index in [2.05, 4.69) is 56.1 Å². The Morgan fingerprint density at radius 3 is 2.75 bits per heavy atom. The zero-order valence-electron chi connectivity index (χ0n) is 10.8. The first kappa shape index (κ1) is 11.5. The fourth-order valence-electron chi connectivity index (χ4n) is 2.66. The van der Waals surface area contributed by atoms with Crippen molar-refractivity contribution in [3.8, 4) is 0 Å². The van der Waals surface area contributed by atoms with Crippen LogP contribution in [0.5, 0.6) is 0 Å². The molecule has 2 heteroatoms. The number of aryl methyl sites for hydroxylation is 1. The van der Waals surface area contributed by atoms with E-state index in [4.69, 9.17) is 0 Å². The number of rotatable bonds is 2. The lowest BCUT2D eigenvalue weighted by Gasteiger charge is -2.38. The van der Waals surface area contributed by atoms with Crippen LogP contribution in [0, 0.1) is 0 Å². The molecule has 16 heavy (non-hydrogen) atoms. The molecule has 1 heterocycles. The molecule has 0 amide bonds. The molecular weight excluding hydrogens is 196 g/mol. The Morgan fingerprint density at radius 1 is 1.38 bits per heavy atom. The third-order valence-corrected chi connectivity index (χ3v) is 3.64. The summed E-state index contributed by atoms with van der Waals surface area (Å²) in [5, 5.41) is 0. The van der Waals surface area contributed by atoms with E-state index in [1.165, 1.54) is 23.2 Å². The molecule has 0 aromatic heterocycles. The fourth-order valence-corrected chi connectivity index (χ4v) is 2.66. The van der Waals surface area contributed by atoms with Crippen molar-refractivity contribution in [3.63, 3.8) is 0 Å². The lowest BCUT2D eigenvalue weighted by atomic mass is 9.94. The number of hydrogen-bond donors (Lipinski definition) is 0. The number of para-hydroxylation sites is 1. The van der Waals surface area contributed by atoms with Crippen LogP contribution < -0.4 is 4.90 Å². The van der Waals surface area contributed by atoms with Crippen LogP contribution in [0.1, 0.15) is 18.1 Å². The topological polar surface area (TPSA) is 6.48 Å². The summed E-state index contributed by atoms with van der Waals surface area (Å²) in [7, 11) is 6.56. The number of nitrogens with zero attached hydrogens (tertiary/aromatic N) is 2.